The van der Waals surface area contributed by atoms with Gasteiger partial charge in [-0.05, 0) is 35.9 Å². The zero-order chi connectivity index (χ0) is 20.2. The van der Waals surface area contributed by atoms with Crippen LogP contribution in [0.2, 0.25) is 0 Å². The molecule has 1 N–H and O–H groups in total. The second-order valence-electron chi connectivity index (χ2n) is 6.34. The number of aryl methyl sites for hydroxylation is 1. The van der Waals surface area contributed by atoms with Gasteiger partial charge in [-0.1, -0.05) is 12.1 Å². The lowest BCUT2D eigenvalue weighted by Crippen LogP contribution is -2.13. The molecule has 0 fully saturated rings. The lowest BCUT2D eigenvalue weighted by Gasteiger charge is -2.08. The first-order chi connectivity index (χ1) is 14.1. The second-order valence-corrected chi connectivity index (χ2v) is 6.34. The summed E-state index contributed by atoms with van der Waals surface area (Å²) in [6.07, 6.45) is 6.56. The minimum absolute atomic E-state index is 0.300. The molecule has 0 spiro atoms. The standard InChI is InChI=1S/C21H18N6O2/c1-27-13-24-26-20(27)15-4-3-5-17(8-15)25-21(28)19-10-14(6-7-23-19)16-9-18(29-2)12-22-11-16/h3-13H,1-2H3,(H,25,28). The van der Waals surface area contributed by atoms with Crippen LogP contribution in [0.4, 0.5) is 5.69 Å². The molecule has 3 heterocycles. The number of anilines is 1. The van der Waals surface area contributed by atoms with Crippen LogP contribution < -0.4 is 10.1 Å². The Hall–Kier alpha value is -4.07. The minimum Gasteiger partial charge on any atom is -0.495 e. The van der Waals surface area contributed by atoms with Crippen LogP contribution in [-0.2, 0) is 7.05 Å². The highest BCUT2D eigenvalue weighted by Gasteiger charge is 2.11. The van der Waals surface area contributed by atoms with Crippen molar-refractivity contribution in [3.63, 3.8) is 0 Å². The van der Waals surface area contributed by atoms with Gasteiger partial charge in [-0.15, -0.1) is 10.2 Å². The Morgan fingerprint density at radius 2 is 1.97 bits per heavy atom. The first-order valence-electron chi connectivity index (χ1n) is 8.85. The van der Waals surface area contributed by atoms with Gasteiger partial charge >= 0.3 is 0 Å². The largest absolute Gasteiger partial charge is 0.495 e. The monoisotopic (exact) mass is 386 g/mol. The van der Waals surface area contributed by atoms with E-state index >= 15 is 0 Å². The number of rotatable bonds is 5. The van der Waals surface area contributed by atoms with Gasteiger partial charge in [-0.2, -0.15) is 0 Å². The minimum atomic E-state index is -0.308. The van der Waals surface area contributed by atoms with E-state index in [0.717, 1.165) is 16.7 Å². The van der Waals surface area contributed by atoms with Crippen molar-refractivity contribution in [3.05, 3.63) is 73.1 Å². The van der Waals surface area contributed by atoms with E-state index in [1.165, 1.54) is 0 Å². The highest BCUT2D eigenvalue weighted by molar-refractivity contribution is 6.03. The summed E-state index contributed by atoms with van der Waals surface area (Å²) in [6, 6.07) is 12.8. The van der Waals surface area contributed by atoms with Gasteiger partial charge in [0.25, 0.3) is 5.91 Å². The van der Waals surface area contributed by atoms with Crippen molar-refractivity contribution in [1.82, 2.24) is 24.7 Å². The normalized spacial score (nSPS) is 10.6. The Morgan fingerprint density at radius 1 is 1.07 bits per heavy atom. The van der Waals surface area contributed by atoms with Crippen molar-refractivity contribution in [2.24, 2.45) is 7.05 Å². The summed E-state index contributed by atoms with van der Waals surface area (Å²) in [4.78, 5) is 21.1. The molecular formula is C21H18N6O2. The van der Waals surface area contributed by atoms with E-state index < -0.39 is 0 Å². The Bertz CT molecular complexity index is 1170. The Kier molecular flexibility index (Phi) is 4.98. The fourth-order valence-electron chi connectivity index (χ4n) is 2.90. The highest BCUT2D eigenvalue weighted by Crippen LogP contribution is 2.24. The molecular weight excluding hydrogens is 368 g/mol. The summed E-state index contributed by atoms with van der Waals surface area (Å²) in [5.41, 5.74) is 3.46. The van der Waals surface area contributed by atoms with Gasteiger partial charge in [0.1, 0.15) is 17.8 Å². The SMILES string of the molecule is COc1cncc(-c2ccnc(C(=O)Nc3cccc(-c4nncn4C)c3)c2)c1. The van der Waals surface area contributed by atoms with Crippen molar-refractivity contribution < 1.29 is 9.53 Å². The molecule has 8 heteroatoms. The zero-order valence-corrected chi connectivity index (χ0v) is 15.9. The van der Waals surface area contributed by atoms with Gasteiger partial charge < -0.3 is 14.6 Å². The van der Waals surface area contributed by atoms with E-state index in [2.05, 4.69) is 25.5 Å². The average Bonchev–Trinajstić information content (AvgIpc) is 3.20. The number of benzene rings is 1. The van der Waals surface area contributed by atoms with Crippen LogP contribution in [0.15, 0.2) is 67.4 Å². The predicted molar refractivity (Wildman–Crippen MR) is 108 cm³/mol. The van der Waals surface area contributed by atoms with Crippen molar-refractivity contribution in [1.29, 1.82) is 0 Å². The number of carbonyl (C=O) groups excluding carboxylic acids is 1. The van der Waals surface area contributed by atoms with Crippen LogP contribution in [0.25, 0.3) is 22.5 Å². The summed E-state index contributed by atoms with van der Waals surface area (Å²) in [5, 5.41) is 10.9. The maximum absolute atomic E-state index is 12.7. The molecule has 0 atom stereocenters. The molecule has 0 saturated heterocycles. The molecule has 1 amide bonds. The number of pyridine rings is 2. The summed E-state index contributed by atoms with van der Waals surface area (Å²) < 4.78 is 7.03. The summed E-state index contributed by atoms with van der Waals surface area (Å²) in [5.74, 6) is 1.05. The highest BCUT2D eigenvalue weighted by atomic mass is 16.5. The molecule has 4 aromatic rings. The van der Waals surface area contributed by atoms with Gasteiger partial charge in [0.05, 0.1) is 13.3 Å². The smallest absolute Gasteiger partial charge is 0.274 e. The van der Waals surface area contributed by atoms with E-state index in [4.69, 9.17) is 4.74 Å². The molecule has 0 unspecified atom stereocenters. The van der Waals surface area contributed by atoms with Crippen LogP contribution in [-0.4, -0.2) is 37.7 Å². The van der Waals surface area contributed by atoms with Crippen LogP contribution in [0.1, 0.15) is 10.5 Å². The zero-order valence-electron chi connectivity index (χ0n) is 15.9. The number of carbonyl (C=O) groups is 1. The molecule has 3 aromatic heterocycles. The van der Waals surface area contributed by atoms with Crippen LogP contribution >= 0.6 is 0 Å². The average molecular weight is 386 g/mol. The molecule has 0 bridgehead atoms. The number of methoxy groups -OCH3 is 1. The van der Waals surface area contributed by atoms with Gasteiger partial charge in [0, 0.05) is 36.3 Å². The molecule has 0 aliphatic carbocycles. The number of nitrogens with one attached hydrogen (secondary N) is 1. The Balaban J connectivity index is 1.57. The van der Waals surface area contributed by atoms with Crippen molar-refractivity contribution in [2.75, 3.05) is 12.4 Å². The fourth-order valence-corrected chi connectivity index (χ4v) is 2.90. The topological polar surface area (TPSA) is 94.8 Å². The Labute approximate surface area is 167 Å². The number of amides is 1. The van der Waals surface area contributed by atoms with Gasteiger partial charge in [-0.25, -0.2) is 0 Å². The second kappa shape index (κ2) is 7.89. The Morgan fingerprint density at radius 3 is 2.76 bits per heavy atom. The number of hydrogen-bond acceptors (Lipinski definition) is 6. The van der Waals surface area contributed by atoms with E-state index in [1.54, 1.807) is 38.1 Å². The molecule has 0 aliphatic rings. The fraction of sp³-hybridized carbons (Fsp3) is 0.0952. The molecule has 29 heavy (non-hydrogen) atoms. The van der Waals surface area contributed by atoms with E-state index in [0.29, 0.717) is 23.0 Å². The maximum atomic E-state index is 12.7. The third kappa shape index (κ3) is 3.96. The number of hydrogen-bond donors (Lipinski definition) is 1. The third-order valence-corrected chi connectivity index (χ3v) is 4.36. The first-order valence-corrected chi connectivity index (χ1v) is 8.85. The lowest BCUT2D eigenvalue weighted by molar-refractivity contribution is 0.102. The van der Waals surface area contributed by atoms with Gasteiger partial charge in [-0.3, -0.25) is 14.8 Å². The summed E-state index contributed by atoms with van der Waals surface area (Å²) in [7, 11) is 3.45. The van der Waals surface area contributed by atoms with Crippen LogP contribution in [0.3, 0.4) is 0 Å². The van der Waals surface area contributed by atoms with Gasteiger partial charge in [0.15, 0.2) is 5.82 Å². The first kappa shape index (κ1) is 18.3. The predicted octanol–water partition coefficient (Wildman–Crippen LogP) is 3.20. The van der Waals surface area contributed by atoms with Crippen molar-refractivity contribution in [3.8, 4) is 28.3 Å². The van der Waals surface area contributed by atoms with Crippen LogP contribution in [0.5, 0.6) is 5.75 Å². The quantitative estimate of drug-likeness (QED) is 0.566. The lowest BCUT2D eigenvalue weighted by atomic mass is 10.1. The number of nitrogens with zero attached hydrogens (tertiary/aromatic N) is 5. The number of aromatic nitrogens is 5. The van der Waals surface area contributed by atoms with Crippen molar-refractivity contribution >= 4 is 11.6 Å². The molecule has 0 aliphatic heterocycles. The number of ether oxygens (including phenoxy) is 1. The van der Waals surface area contributed by atoms with E-state index in [9.17, 15) is 4.79 Å². The van der Waals surface area contributed by atoms with Crippen LogP contribution in [0, 0.1) is 0 Å². The molecule has 8 nitrogen and oxygen atoms in total. The van der Waals surface area contributed by atoms with Crippen molar-refractivity contribution in [2.45, 2.75) is 0 Å². The third-order valence-electron chi connectivity index (χ3n) is 4.36. The molecule has 4 rings (SSSR count). The molecule has 0 saturated carbocycles. The molecule has 0 radical (unpaired) electrons. The van der Waals surface area contributed by atoms with E-state index in [-0.39, 0.29) is 5.91 Å². The maximum Gasteiger partial charge on any atom is 0.274 e. The summed E-state index contributed by atoms with van der Waals surface area (Å²) >= 11 is 0. The van der Waals surface area contributed by atoms with E-state index in [1.807, 2.05) is 48.0 Å². The molecule has 1 aromatic carbocycles. The van der Waals surface area contributed by atoms with Gasteiger partial charge in [0.2, 0.25) is 0 Å². The summed E-state index contributed by atoms with van der Waals surface area (Å²) in [6.45, 7) is 0. The molecule has 144 valence electrons.